The van der Waals surface area contributed by atoms with Crippen molar-refractivity contribution in [3.8, 4) is 5.75 Å². The molecule has 0 aliphatic rings. The van der Waals surface area contributed by atoms with Crippen LogP contribution in [0, 0.1) is 0 Å². The molecule has 3 atom stereocenters. The Labute approximate surface area is 112 Å². The molecule has 1 aromatic rings. The van der Waals surface area contributed by atoms with Crippen LogP contribution in [0.15, 0.2) is 24.3 Å². The van der Waals surface area contributed by atoms with Crippen molar-refractivity contribution in [2.75, 3.05) is 12.8 Å². The van der Waals surface area contributed by atoms with E-state index in [0.29, 0.717) is 11.8 Å². The van der Waals surface area contributed by atoms with Gasteiger partial charge in [0.05, 0.1) is 0 Å². The van der Waals surface area contributed by atoms with Crippen LogP contribution in [-0.2, 0) is 17.2 Å². The fraction of sp³-hybridized carbons (Fsp3) is 0.571. The van der Waals surface area contributed by atoms with E-state index in [1.54, 1.807) is 18.4 Å². The molecule has 0 aliphatic carbocycles. The summed E-state index contributed by atoms with van der Waals surface area (Å²) in [7, 11) is -0.733. The lowest BCUT2D eigenvalue weighted by atomic mass is 10.1. The Morgan fingerprint density at radius 1 is 1.28 bits per heavy atom. The maximum atomic E-state index is 11.2. The number of nitrogens with one attached hydrogen (secondary N) is 1. The van der Waals surface area contributed by atoms with Crippen LogP contribution in [0.1, 0.15) is 25.8 Å². The number of aromatic hydroxyl groups is 1. The fourth-order valence-electron chi connectivity index (χ4n) is 1.76. The van der Waals surface area contributed by atoms with Crippen LogP contribution in [0.3, 0.4) is 0 Å². The molecule has 0 aliphatic heterocycles. The second-order valence-electron chi connectivity index (χ2n) is 4.82. The first kappa shape index (κ1) is 15.2. The van der Waals surface area contributed by atoms with Crippen LogP contribution in [0.5, 0.6) is 5.75 Å². The van der Waals surface area contributed by atoms with Crippen LogP contribution in [0.25, 0.3) is 0 Å². The molecule has 3 unspecified atom stereocenters. The van der Waals surface area contributed by atoms with E-state index in [-0.39, 0.29) is 5.25 Å². The molecular weight excluding hydrogens is 246 g/mol. The van der Waals surface area contributed by atoms with Gasteiger partial charge in [0, 0.05) is 28.3 Å². The van der Waals surface area contributed by atoms with E-state index in [9.17, 15) is 9.32 Å². The summed E-state index contributed by atoms with van der Waals surface area (Å²) < 4.78 is 11.2. The van der Waals surface area contributed by atoms with Gasteiger partial charge in [-0.15, -0.1) is 0 Å². The summed E-state index contributed by atoms with van der Waals surface area (Å²) in [4.78, 5) is 0. The van der Waals surface area contributed by atoms with Crippen LogP contribution >= 0.6 is 0 Å². The molecule has 0 saturated carbocycles. The van der Waals surface area contributed by atoms with E-state index in [4.69, 9.17) is 0 Å². The lowest BCUT2D eigenvalue weighted by Crippen LogP contribution is -2.31. The summed E-state index contributed by atoms with van der Waals surface area (Å²) in [5.74, 6) is 0.304. The van der Waals surface area contributed by atoms with E-state index in [2.05, 4.69) is 12.2 Å². The van der Waals surface area contributed by atoms with Gasteiger partial charge in [-0.25, -0.2) is 0 Å². The van der Waals surface area contributed by atoms with Gasteiger partial charge in [0.1, 0.15) is 5.75 Å². The van der Waals surface area contributed by atoms with Crippen LogP contribution in [-0.4, -0.2) is 33.4 Å². The van der Waals surface area contributed by atoms with Gasteiger partial charge in [-0.2, -0.15) is 0 Å². The van der Waals surface area contributed by atoms with Crippen molar-refractivity contribution >= 4 is 10.8 Å². The third-order valence-corrected chi connectivity index (χ3v) is 4.46. The zero-order chi connectivity index (χ0) is 13.5. The van der Waals surface area contributed by atoms with Crippen molar-refractivity contribution in [3.05, 3.63) is 29.8 Å². The van der Waals surface area contributed by atoms with E-state index < -0.39 is 10.8 Å². The van der Waals surface area contributed by atoms with Gasteiger partial charge in [-0.1, -0.05) is 19.1 Å². The first-order chi connectivity index (χ1) is 8.49. The molecule has 102 valence electrons. The van der Waals surface area contributed by atoms with Crippen molar-refractivity contribution in [2.24, 2.45) is 0 Å². The van der Waals surface area contributed by atoms with E-state index in [1.807, 2.05) is 19.1 Å². The summed E-state index contributed by atoms with van der Waals surface area (Å²) in [6.07, 6.45) is 3.62. The minimum atomic E-state index is -0.733. The first-order valence-corrected chi connectivity index (χ1v) is 7.94. The van der Waals surface area contributed by atoms with Crippen molar-refractivity contribution in [2.45, 2.75) is 38.0 Å². The summed E-state index contributed by atoms with van der Waals surface area (Å²) >= 11 is 0. The number of benzene rings is 1. The Morgan fingerprint density at radius 3 is 2.44 bits per heavy atom. The quantitative estimate of drug-likeness (QED) is 0.796. The zero-order valence-electron chi connectivity index (χ0n) is 11.3. The van der Waals surface area contributed by atoms with Gasteiger partial charge < -0.3 is 10.4 Å². The second kappa shape index (κ2) is 7.54. The molecule has 1 rings (SSSR count). The Morgan fingerprint density at radius 2 is 1.89 bits per heavy atom. The van der Waals surface area contributed by atoms with Crippen LogP contribution in [0.4, 0.5) is 0 Å². The standard InChI is InChI=1S/C14H23NO2S/c1-11(15-9-8-12(2)18(3)17)10-13-4-6-14(16)7-5-13/h4-7,11-12,15-16H,8-10H2,1-3H3. The highest BCUT2D eigenvalue weighted by Crippen LogP contribution is 2.11. The number of phenols is 1. The van der Waals surface area contributed by atoms with Crippen molar-refractivity contribution in [1.29, 1.82) is 0 Å². The predicted molar refractivity (Wildman–Crippen MR) is 77.4 cm³/mol. The molecule has 18 heavy (non-hydrogen) atoms. The highest BCUT2D eigenvalue weighted by atomic mass is 32.2. The SMILES string of the molecule is CC(Cc1ccc(O)cc1)NCCC(C)S(C)=O. The number of phenolic OH excluding ortho intramolecular Hbond substituents is 1. The third-order valence-electron chi connectivity index (χ3n) is 3.09. The Bertz CT molecular complexity index is 378. The van der Waals surface area contributed by atoms with Crippen molar-refractivity contribution in [1.82, 2.24) is 5.32 Å². The topological polar surface area (TPSA) is 49.3 Å². The molecule has 4 heteroatoms. The molecule has 0 amide bonds. The predicted octanol–water partition coefficient (Wildman–Crippen LogP) is 2.07. The Hall–Kier alpha value is -0.870. The third kappa shape index (κ3) is 5.65. The zero-order valence-corrected chi connectivity index (χ0v) is 12.2. The highest BCUT2D eigenvalue weighted by molar-refractivity contribution is 7.84. The summed E-state index contributed by atoms with van der Waals surface area (Å²) in [5, 5.41) is 12.9. The molecular formula is C14H23NO2S. The number of hydrogen-bond acceptors (Lipinski definition) is 3. The minimum absolute atomic E-state index is 0.248. The van der Waals surface area contributed by atoms with E-state index >= 15 is 0 Å². The van der Waals surface area contributed by atoms with Gasteiger partial charge >= 0.3 is 0 Å². The minimum Gasteiger partial charge on any atom is -0.508 e. The van der Waals surface area contributed by atoms with E-state index in [1.165, 1.54) is 5.56 Å². The average Bonchev–Trinajstić information content (AvgIpc) is 2.32. The summed E-state index contributed by atoms with van der Waals surface area (Å²) in [6.45, 7) is 5.04. The molecule has 0 saturated heterocycles. The maximum Gasteiger partial charge on any atom is 0.115 e. The molecule has 2 N–H and O–H groups in total. The van der Waals surface area contributed by atoms with Gasteiger partial charge in [-0.05, 0) is 44.0 Å². The normalized spacial score (nSPS) is 16.2. The first-order valence-electron chi connectivity index (χ1n) is 6.32. The van der Waals surface area contributed by atoms with Crippen LogP contribution in [0.2, 0.25) is 0 Å². The van der Waals surface area contributed by atoms with E-state index in [0.717, 1.165) is 19.4 Å². The number of rotatable bonds is 7. The smallest absolute Gasteiger partial charge is 0.115 e. The molecule has 0 aromatic heterocycles. The fourth-order valence-corrected chi connectivity index (χ4v) is 2.21. The average molecular weight is 269 g/mol. The lowest BCUT2D eigenvalue weighted by Gasteiger charge is -2.15. The van der Waals surface area contributed by atoms with Crippen molar-refractivity contribution in [3.63, 3.8) is 0 Å². The molecule has 0 bridgehead atoms. The van der Waals surface area contributed by atoms with Gasteiger partial charge in [-0.3, -0.25) is 4.21 Å². The van der Waals surface area contributed by atoms with Gasteiger partial charge in [0.2, 0.25) is 0 Å². The molecule has 1 aromatic carbocycles. The monoisotopic (exact) mass is 269 g/mol. The Balaban J connectivity index is 2.27. The largest absolute Gasteiger partial charge is 0.508 e. The maximum absolute atomic E-state index is 11.2. The second-order valence-corrected chi connectivity index (χ2v) is 6.63. The number of hydrogen-bond donors (Lipinski definition) is 2. The van der Waals surface area contributed by atoms with Crippen LogP contribution < -0.4 is 5.32 Å². The summed E-state index contributed by atoms with van der Waals surface area (Å²) in [5.41, 5.74) is 1.21. The summed E-state index contributed by atoms with van der Waals surface area (Å²) in [6, 6.07) is 7.69. The molecule has 3 nitrogen and oxygen atoms in total. The highest BCUT2D eigenvalue weighted by Gasteiger charge is 2.07. The molecule has 0 heterocycles. The van der Waals surface area contributed by atoms with Crippen molar-refractivity contribution < 1.29 is 9.32 Å². The Kier molecular flexibility index (Phi) is 6.36. The van der Waals surface area contributed by atoms with Gasteiger partial charge in [0.25, 0.3) is 0 Å². The molecule has 0 spiro atoms. The van der Waals surface area contributed by atoms with Gasteiger partial charge in [0.15, 0.2) is 0 Å². The lowest BCUT2D eigenvalue weighted by molar-refractivity contribution is 0.474. The molecule has 0 fully saturated rings. The molecule has 0 radical (unpaired) electrons.